The Morgan fingerprint density at radius 3 is 2.07 bits per heavy atom. The third-order valence-corrected chi connectivity index (χ3v) is 3.28. The Morgan fingerprint density at radius 2 is 1.79 bits per heavy atom. The van der Waals surface area contributed by atoms with E-state index in [2.05, 4.69) is 43.6 Å². The SMILES string of the molecule is CCCNC(C[SiH3])(NC)NC(C)(C)C. The highest BCUT2D eigenvalue weighted by Crippen LogP contribution is 2.08. The first-order valence-corrected chi connectivity index (χ1v) is 7.04. The maximum Gasteiger partial charge on any atom is 0.120 e. The van der Waals surface area contributed by atoms with Crippen LogP contribution in [0.5, 0.6) is 0 Å². The van der Waals surface area contributed by atoms with Crippen molar-refractivity contribution >= 4 is 10.2 Å². The molecule has 0 aromatic carbocycles. The first-order valence-electron chi connectivity index (χ1n) is 5.62. The molecular weight excluding hydrogens is 190 g/mol. The van der Waals surface area contributed by atoms with E-state index in [0.29, 0.717) is 0 Å². The molecule has 0 saturated heterocycles. The number of hydrogen-bond donors (Lipinski definition) is 3. The maximum atomic E-state index is 3.62. The van der Waals surface area contributed by atoms with Gasteiger partial charge in [0.25, 0.3) is 0 Å². The Labute approximate surface area is 91.8 Å². The van der Waals surface area contributed by atoms with Crippen LogP contribution in [0.25, 0.3) is 0 Å². The molecule has 0 amide bonds. The van der Waals surface area contributed by atoms with Crippen molar-refractivity contribution in [2.24, 2.45) is 0 Å². The molecule has 0 heterocycles. The maximum absolute atomic E-state index is 3.62. The largest absolute Gasteiger partial charge is 0.290 e. The highest BCUT2D eigenvalue weighted by Gasteiger charge is 2.29. The van der Waals surface area contributed by atoms with Gasteiger partial charge in [0, 0.05) is 15.8 Å². The normalized spacial score (nSPS) is 16.9. The van der Waals surface area contributed by atoms with Crippen LogP contribution >= 0.6 is 0 Å². The van der Waals surface area contributed by atoms with Crippen LogP contribution in [0.3, 0.4) is 0 Å². The summed E-state index contributed by atoms with van der Waals surface area (Å²) in [5.41, 5.74) is 0.133. The average molecular weight is 217 g/mol. The van der Waals surface area contributed by atoms with Crippen molar-refractivity contribution in [1.82, 2.24) is 16.0 Å². The molecule has 0 aliphatic carbocycles. The molecule has 1 unspecified atom stereocenters. The van der Waals surface area contributed by atoms with Gasteiger partial charge >= 0.3 is 0 Å². The van der Waals surface area contributed by atoms with Gasteiger partial charge in [-0.05, 0) is 46.8 Å². The molecule has 0 saturated carbocycles. The predicted octanol–water partition coefficient (Wildman–Crippen LogP) is 0.0310. The van der Waals surface area contributed by atoms with Crippen LogP contribution in [0.4, 0.5) is 0 Å². The lowest BCUT2D eigenvalue weighted by Crippen LogP contribution is -2.69. The molecule has 0 rings (SSSR count). The fourth-order valence-electron chi connectivity index (χ4n) is 1.56. The zero-order valence-electron chi connectivity index (χ0n) is 10.6. The van der Waals surface area contributed by atoms with E-state index in [1.165, 1.54) is 10.2 Å². The molecule has 0 aromatic heterocycles. The van der Waals surface area contributed by atoms with E-state index in [0.717, 1.165) is 19.0 Å². The second-order valence-corrected chi connectivity index (χ2v) is 5.52. The smallest absolute Gasteiger partial charge is 0.120 e. The van der Waals surface area contributed by atoms with Crippen molar-refractivity contribution in [2.45, 2.75) is 51.5 Å². The van der Waals surface area contributed by atoms with E-state index in [9.17, 15) is 0 Å². The summed E-state index contributed by atoms with van der Waals surface area (Å²) in [5, 5.41) is 10.5. The molecular formula is C10H27N3Si. The molecule has 3 N–H and O–H groups in total. The molecule has 3 nitrogen and oxygen atoms in total. The third kappa shape index (κ3) is 5.10. The standard InChI is InChI=1S/C10H27N3Si/c1-6-7-12-10(8-14,11-5)13-9(2,3)4/h11-13H,6-8H2,1-5,14H3. The Kier molecular flexibility index (Phi) is 5.89. The molecule has 86 valence electrons. The summed E-state index contributed by atoms with van der Waals surface area (Å²) in [6.07, 6.45) is 1.16. The molecule has 0 spiro atoms. The second-order valence-electron chi connectivity index (χ2n) is 4.81. The fraction of sp³-hybridized carbons (Fsp3) is 1.00. The number of nitrogens with one attached hydrogen (secondary N) is 3. The van der Waals surface area contributed by atoms with E-state index in [1.54, 1.807) is 0 Å². The molecule has 4 heteroatoms. The van der Waals surface area contributed by atoms with Crippen LogP contribution in [-0.2, 0) is 0 Å². The molecule has 0 aliphatic heterocycles. The highest BCUT2D eigenvalue weighted by molar-refractivity contribution is 6.09. The van der Waals surface area contributed by atoms with E-state index in [-0.39, 0.29) is 11.3 Å². The van der Waals surface area contributed by atoms with E-state index >= 15 is 0 Å². The molecule has 0 radical (unpaired) electrons. The van der Waals surface area contributed by atoms with Gasteiger partial charge in [0.15, 0.2) is 0 Å². The Bertz CT molecular complexity index is 150. The summed E-state index contributed by atoms with van der Waals surface area (Å²) in [7, 11) is 3.19. The van der Waals surface area contributed by atoms with Gasteiger partial charge in [-0.1, -0.05) is 6.92 Å². The Hall–Kier alpha value is 0.0969. The molecule has 0 aromatic rings. The minimum Gasteiger partial charge on any atom is -0.290 e. The van der Waals surface area contributed by atoms with Crippen LogP contribution in [0.1, 0.15) is 34.1 Å². The summed E-state index contributed by atoms with van der Waals surface area (Å²) in [4.78, 5) is 0. The zero-order chi connectivity index (χ0) is 11.2. The summed E-state index contributed by atoms with van der Waals surface area (Å²) in [6, 6.07) is 1.15. The third-order valence-electron chi connectivity index (χ3n) is 2.22. The second kappa shape index (κ2) is 5.85. The lowest BCUT2D eigenvalue weighted by atomic mass is 10.1. The molecule has 0 fully saturated rings. The van der Waals surface area contributed by atoms with Gasteiger partial charge in [0.2, 0.25) is 0 Å². The number of rotatable bonds is 6. The first kappa shape index (κ1) is 14.1. The van der Waals surface area contributed by atoms with E-state index in [4.69, 9.17) is 0 Å². The lowest BCUT2D eigenvalue weighted by Gasteiger charge is -2.40. The minimum absolute atomic E-state index is 0.0690. The van der Waals surface area contributed by atoms with Crippen LogP contribution in [0.15, 0.2) is 0 Å². The van der Waals surface area contributed by atoms with Gasteiger partial charge in [-0.15, -0.1) is 0 Å². The topological polar surface area (TPSA) is 36.1 Å². The minimum atomic E-state index is -0.0690. The van der Waals surface area contributed by atoms with Crippen LogP contribution < -0.4 is 16.0 Å². The van der Waals surface area contributed by atoms with Crippen molar-refractivity contribution in [3.63, 3.8) is 0 Å². The zero-order valence-corrected chi connectivity index (χ0v) is 12.6. The van der Waals surface area contributed by atoms with Gasteiger partial charge in [-0.3, -0.25) is 16.0 Å². The van der Waals surface area contributed by atoms with Gasteiger partial charge in [-0.2, -0.15) is 0 Å². The van der Waals surface area contributed by atoms with Gasteiger partial charge < -0.3 is 0 Å². The van der Waals surface area contributed by atoms with Crippen molar-refractivity contribution in [1.29, 1.82) is 0 Å². The molecule has 14 heavy (non-hydrogen) atoms. The molecule has 0 aliphatic rings. The molecule has 0 bridgehead atoms. The van der Waals surface area contributed by atoms with Gasteiger partial charge in [-0.25, -0.2) is 0 Å². The van der Waals surface area contributed by atoms with Crippen LogP contribution in [0, 0.1) is 0 Å². The summed E-state index contributed by atoms with van der Waals surface area (Å²) >= 11 is 0. The van der Waals surface area contributed by atoms with Crippen LogP contribution in [-0.4, -0.2) is 35.2 Å². The summed E-state index contributed by atoms with van der Waals surface area (Å²) in [6.45, 7) is 9.83. The Balaban J connectivity index is 4.36. The van der Waals surface area contributed by atoms with Crippen LogP contribution in [0.2, 0.25) is 6.04 Å². The van der Waals surface area contributed by atoms with Crippen molar-refractivity contribution in [2.75, 3.05) is 13.6 Å². The molecule has 1 atom stereocenters. The average Bonchev–Trinajstić information content (AvgIpc) is 2.10. The van der Waals surface area contributed by atoms with Crippen molar-refractivity contribution < 1.29 is 0 Å². The first-order chi connectivity index (χ1) is 6.39. The van der Waals surface area contributed by atoms with Crippen molar-refractivity contribution in [3.8, 4) is 0 Å². The Morgan fingerprint density at radius 1 is 1.21 bits per heavy atom. The monoisotopic (exact) mass is 217 g/mol. The van der Waals surface area contributed by atoms with Gasteiger partial charge in [0.1, 0.15) is 5.79 Å². The van der Waals surface area contributed by atoms with E-state index in [1.807, 2.05) is 7.05 Å². The predicted molar refractivity (Wildman–Crippen MR) is 67.7 cm³/mol. The lowest BCUT2D eigenvalue weighted by molar-refractivity contribution is 0.182. The van der Waals surface area contributed by atoms with Gasteiger partial charge in [0.05, 0.1) is 0 Å². The highest BCUT2D eigenvalue weighted by atomic mass is 28.1. The number of hydrogen-bond acceptors (Lipinski definition) is 3. The summed E-state index contributed by atoms with van der Waals surface area (Å²) in [5.74, 6) is -0.0690. The quantitative estimate of drug-likeness (QED) is 0.434. The fourth-order valence-corrected chi connectivity index (χ4v) is 2.34. The van der Waals surface area contributed by atoms with E-state index < -0.39 is 0 Å². The van der Waals surface area contributed by atoms with Crippen molar-refractivity contribution in [3.05, 3.63) is 0 Å². The summed E-state index contributed by atoms with van der Waals surface area (Å²) < 4.78 is 0.